The van der Waals surface area contributed by atoms with E-state index in [4.69, 9.17) is 14.5 Å². The lowest BCUT2D eigenvalue weighted by Crippen LogP contribution is -2.51. The van der Waals surface area contributed by atoms with Crippen LogP contribution < -0.4 is 14.8 Å². The molecule has 1 spiro atoms. The molecule has 0 aromatic heterocycles. The predicted octanol–water partition coefficient (Wildman–Crippen LogP) is 3.94. The molecule has 1 heterocycles. The van der Waals surface area contributed by atoms with Crippen LogP contribution in [0.1, 0.15) is 43.2 Å². The summed E-state index contributed by atoms with van der Waals surface area (Å²) in [6, 6.07) is 13.0. The van der Waals surface area contributed by atoms with Crippen LogP contribution >= 0.6 is 0 Å². The molecule has 1 aliphatic heterocycles. The minimum Gasteiger partial charge on any atom is -0.497 e. The minimum atomic E-state index is -0.640. The minimum absolute atomic E-state index is 0.0583. The molecule has 2 amide bonds. The second kappa shape index (κ2) is 9.02. The number of aliphatic imine (C=N–C) groups is 1. The highest BCUT2D eigenvalue weighted by atomic mass is 16.5. The van der Waals surface area contributed by atoms with E-state index in [0.717, 1.165) is 43.2 Å². The number of hydrogen-bond donors (Lipinski definition) is 1. The van der Waals surface area contributed by atoms with Crippen molar-refractivity contribution >= 4 is 23.2 Å². The lowest BCUT2D eigenvalue weighted by molar-refractivity contribution is -0.134. The Morgan fingerprint density at radius 3 is 2.25 bits per heavy atom. The van der Waals surface area contributed by atoms with Crippen molar-refractivity contribution in [1.29, 1.82) is 0 Å². The molecule has 2 aliphatic rings. The number of benzene rings is 2. The van der Waals surface area contributed by atoms with Gasteiger partial charge in [-0.05, 0) is 32.6 Å². The Kier molecular flexibility index (Phi) is 6.17. The number of rotatable bonds is 6. The van der Waals surface area contributed by atoms with Crippen molar-refractivity contribution in [1.82, 2.24) is 4.90 Å². The molecule has 0 saturated heterocycles. The maximum absolute atomic E-state index is 13.4. The summed E-state index contributed by atoms with van der Waals surface area (Å²) in [6.45, 7) is 1.95. The van der Waals surface area contributed by atoms with Crippen molar-refractivity contribution in [2.45, 2.75) is 44.7 Å². The maximum atomic E-state index is 13.4. The molecule has 0 atom stereocenters. The van der Waals surface area contributed by atoms with Crippen LogP contribution in [0.3, 0.4) is 0 Å². The lowest BCUT2D eigenvalue weighted by Gasteiger charge is -2.38. The third-order valence-corrected chi connectivity index (χ3v) is 6.19. The van der Waals surface area contributed by atoms with E-state index in [0.29, 0.717) is 22.9 Å². The van der Waals surface area contributed by atoms with Gasteiger partial charge in [0.15, 0.2) is 0 Å². The molecular weight excluding hydrogens is 406 g/mol. The van der Waals surface area contributed by atoms with E-state index in [1.807, 2.05) is 31.2 Å². The van der Waals surface area contributed by atoms with Crippen molar-refractivity contribution in [3.05, 3.63) is 53.6 Å². The molecule has 7 heteroatoms. The lowest BCUT2D eigenvalue weighted by atomic mass is 9.88. The third kappa shape index (κ3) is 4.33. The molecule has 0 unspecified atom stereocenters. The first-order chi connectivity index (χ1) is 15.4. The molecule has 1 N–H and O–H groups in total. The molecule has 2 aromatic carbocycles. The first-order valence-corrected chi connectivity index (χ1v) is 11.0. The van der Waals surface area contributed by atoms with Crippen molar-refractivity contribution in [3.8, 4) is 11.5 Å². The highest BCUT2D eigenvalue weighted by Crippen LogP contribution is 2.39. The van der Waals surface area contributed by atoms with E-state index in [1.54, 1.807) is 37.3 Å². The Morgan fingerprint density at radius 1 is 1.03 bits per heavy atom. The van der Waals surface area contributed by atoms with Gasteiger partial charge in [-0.2, -0.15) is 0 Å². The van der Waals surface area contributed by atoms with Crippen LogP contribution in [-0.2, 0) is 9.59 Å². The quantitative estimate of drug-likeness (QED) is 0.745. The molecule has 168 valence electrons. The standard InChI is InChI=1S/C25H29N3O4/c1-17-7-9-18(10-8-17)23-24(30)28(25(27-23)11-5-4-6-12-25)16-22(29)26-19-13-20(31-2)15-21(14-19)32-3/h7-10,13-15H,4-6,11-12,16H2,1-3H3,(H,26,29). The number of carbonyl (C=O) groups is 2. The van der Waals surface area contributed by atoms with Crippen molar-refractivity contribution in [2.24, 2.45) is 4.99 Å². The fourth-order valence-corrected chi connectivity index (χ4v) is 4.48. The second-order valence-corrected chi connectivity index (χ2v) is 8.41. The monoisotopic (exact) mass is 435 g/mol. The Balaban J connectivity index is 1.57. The van der Waals surface area contributed by atoms with Crippen molar-refractivity contribution < 1.29 is 19.1 Å². The summed E-state index contributed by atoms with van der Waals surface area (Å²) in [5, 5.41) is 2.88. The van der Waals surface area contributed by atoms with Gasteiger partial charge in [-0.25, -0.2) is 0 Å². The number of anilines is 1. The van der Waals surface area contributed by atoms with Gasteiger partial charge in [0.05, 0.1) is 14.2 Å². The van der Waals surface area contributed by atoms with Gasteiger partial charge in [0, 0.05) is 29.4 Å². The van der Waals surface area contributed by atoms with Gasteiger partial charge in [-0.1, -0.05) is 36.2 Å². The SMILES string of the molecule is COc1cc(NC(=O)CN2C(=O)C(c3ccc(C)cc3)=NC23CCCCC3)cc(OC)c1. The Bertz CT molecular complexity index is 1020. The number of amides is 2. The summed E-state index contributed by atoms with van der Waals surface area (Å²) in [7, 11) is 3.11. The van der Waals surface area contributed by atoms with Gasteiger partial charge >= 0.3 is 0 Å². The van der Waals surface area contributed by atoms with Crippen LogP contribution in [0, 0.1) is 6.92 Å². The maximum Gasteiger partial charge on any atom is 0.275 e. The largest absolute Gasteiger partial charge is 0.497 e. The van der Waals surface area contributed by atoms with Gasteiger partial charge in [-0.15, -0.1) is 0 Å². The van der Waals surface area contributed by atoms with E-state index < -0.39 is 5.66 Å². The summed E-state index contributed by atoms with van der Waals surface area (Å²) in [5.74, 6) is 0.685. The van der Waals surface area contributed by atoms with E-state index in [9.17, 15) is 9.59 Å². The predicted molar refractivity (Wildman–Crippen MR) is 123 cm³/mol. The number of nitrogens with zero attached hydrogens (tertiary/aromatic N) is 2. The molecule has 32 heavy (non-hydrogen) atoms. The summed E-state index contributed by atoms with van der Waals surface area (Å²) in [4.78, 5) is 33.0. The normalized spacial score (nSPS) is 17.3. The Hall–Kier alpha value is -3.35. The molecule has 2 aromatic rings. The molecule has 4 rings (SSSR count). The van der Waals surface area contributed by atoms with E-state index in [1.165, 1.54) is 0 Å². The van der Waals surface area contributed by atoms with Gasteiger partial charge in [-0.3, -0.25) is 14.6 Å². The van der Waals surface area contributed by atoms with Crippen LogP contribution in [0.5, 0.6) is 11.5 Å². The Morgan fingerprint density at radius 2 is 1.66 bits per heavy atom. The van der Waals surface area contributed by atoms with Gasteiger partial charge < -0.3 is 19.7 Å². The van der Waals surface area contributed by atoms with Crippen LogP contribution in [0.4, 0.5) is 5.69 Å². The molecular formula is C25H29N3O4. The summed E-state index contributed by atoms with van der Waals surface area (Å²) >= 11 is 0. The average molecular weight is 436 g/mol. The average Bonchev–Trinajstić information content (AvgIpc) is 3.05. The first-order valence-electron chi connectivity index (χ1n) is 11.0. The van der Waals surface area contributed by atoms with Crippen LogP contribution in [0.2, 0.25) is 0 Å². The summed E-state index contributed by atoms with van der Waals surface area (Å²) < 4.78 is 10.6. The molecule has 1 saturated carbocycles. The van der Waals surface area contributed by atoms with Crippen molar-refractivity contribution in [3.63, 3.8) is 0 Å². The van der Waals surface area contributed by atoms with E-state index >= 15 is 0 Å². The third-order valence-electron chi connectivity index (χ3n) is 6.19. The van der Waals surface area contributed by atoms with E-state index in [2.05, 4.69) is 5.32 Å². The van der Waals surface area contributed by atoms with Gasteiger partial charge in [0.25, 0.3) is 5.91 Å². The van der Waals surface area contributed by atoms with Crippen LogP contribution in [0.15, 0.2) is 47.5 Å². The summed E-state index contributed by atoms with van der Waals surface area (Å²) in [6.07, 6.45) is 4.64. The summed E-state index contributed by atoms with van der Waals surface area (Å²) in [5.41, 5.74) is 2.28. The van der Waals surface area contributed by atoms with Gasteiger partial charge in [0.2, 0.25) is 5.91 Å². The number of carbonyl (C=O) groups excluding carboxylic acids is 2. The first kappa shape index (κ1) is 21.9. The zero-order chi connectivity index (χ0) is 22.7. The van der Waals surface area contributed by atoms with Gasteiger partial charge in [0.1, 0.15) is 29.4 Å². The molecule has 1 fully saturated rings. The van der Waals surface area contributed by atoms with Crippen molar-refractivity contribution in [2.75, 3.05) is 26.1 Å². The number of hydrogen-bond acceptors (Lipinski definition) is 5. The smallest absolute Gasteiger partial charge is 0.275 e. The topological polar surface area (TPSA) is 80.2 Å². The fourth-order valence-electron chi connectivity index (χ4n) is 4.48. The molecule has 1 aliphatic carbocycles. The molecule has 0 radical (unpaired) electrons. The number of ether oxygens (including phenoxy) is 2. The number of methoxy groups -OCH3 is 2. The number of aryl methyl sites for hydroxylation is 1. The Labute approximate surface area is 188 Å². The number of nitrogens with one attached hydrogen (secondary N) is 1. The van der Waals surface area contributed by atoms with Crippen LogP contribution in [0.25, 0.3) is 0 Å². The highest BCUT2D eigenvalue weighted by molar-refractivity contribution is 6.47. The zero-order valence-corrected chi connectivity index (χ0v) is 18.8. The van der Waals surface area contributed by atoms with E-state index in [-0.39, 0.29) is 18.4 Å². The zero-order valence-electron chi connectivity index (χ0n) is 18.8. The highest BCUT2D eigenvalue weighted by Gasteiger charge is 2.48. The fraction of sp³-hybridized carbons (Fsp3) is 0.400. The molecule has 0 bridgehead atoms. The second-order valence-electron chi connectivity index (χ2n) is 8.41. The molecule has 7 nitrogen and oxygen atoms in total. The van der Waals surface area contributed by atoms with Crippen LogP contribution in [-0.4, -0.2) is 48.9 Å².